The van der Waals surface area contributed by atoms with Crippen molar-refractivity contribution in [1.82, 2.24) is 0 Å². The topological polar surface area (TPSA) is 0 Å². The first kappa shape index (κ1) is 12.1. The van der Waals surface area contributed by atoms with Crippen LogP contribution >= 0.6 is 0 Å². The van der Waals surface area contributed by atoms with Crippen molar-refractivity contribution < 1.29 is 0 Å². The Morgan fingerprint density at radius 2 is 1.73 bits per heavy atom. The van der Waals surface area contributed by atoms with Crippen molar-refractivity contribution in [3.8, 4) is 12.3 Å². The minimum absolute atomic E-state index is 0.641. The van der Waals surface area contributed by atoms with E-state index in [4.69, 9.17) is 6.42 Å². The van der Waals surface area contributed by atoms with Gasteiger partial charge in [-0.05, 0) is 38.5 Å². The van der Waals surface area contributed by atoms with Crippen LogP contribution in [-0.4, -0.2) is 0 Å². The number of hydrogen-bond acceptors (Lipinski definition) is 0. The molecule has 1 rings (SSSR count). The molecule has 0 spiro atoms. The molecule has 1 aliphatic carbocycles. The molecule has 1 saturated carbocycles. The lowest BCUT2D eigenvalue weighted by atomic mass is 9.79. The van der Waals surface area contributed by atoms with Crippen LogP contribution in [0.5, 0.6) is 0 Å². The highest BCUT2D eigenvalue weighted by Crippen LogP contribution is 2.32. The van der Waals surface area contributed by atoms with E-state index in [1.807, 2.05) is 0 Å². The van der Waals surface area contributed by atoms with E-state index in [9.17, 15) is 0 Å². The molecule has 0 aromatic carbocycles. The first-order valence-electron chi connectivity index (χ1n) is 5.95. The Kier molecular flexibility index (Phi) is 4.69. The lowest BCUT2D eigenvalue weighted by Crippen LogP contribution is -2.13. The average Bonchev–Trinajstić information content (AvgIpc) is 2.21. The van der Waals surface area contributed by atoms with Gasteiger partial charge in [-0.3, -0.25) is 0 Å². The molecule has 0 amide bonds. The Labute approximate surface area is 94.5 Å². The molecule has 15 heavy (non-hydrogen) atoms. The maximum absolute atomic E-state index is 5.58. The monoisotopic (exact) mass is 202 g/mol. The average molecular weight is 202 g/mol. The van der Waals surface area contributed by atoms with Gasteiger partial charge in [0.2, 0.25) is 0 Å². The lowest BCUT2D eigenvalue weighted by molar-refractivity contribution is 0.324. The van der Waals surface area contributed by atoms with Gasteiger partial charge < -0.3 is 0 Å². The fraction of sp³-hybridized carbons (Fsp3) is 0.600. The number of allylic oxidation sites excluding steroid dienone is 4. The second-order valence-corrected chi connectivity index (χ2v) is 4.97. The Morgan fingerprint density at radius 3 is 2.20 bits per heavy atom. The maximum atomic E-state index is 5.58. The van der Waals surface area contributed by atoms with Gasteiger partial charge in [0, 0.05) is 5.57 Å². The summed E-state index contributed by atoms with van der Waals surface area (Å²) in [6, 6.07) is 0. The van der Waals surface area contributed by atoms with Crippen LogP contribution in [0.3, 0.4) is 0 Å². The third kappa shape index (κ3) is 3.96. The van der Waals surface area contributed by atoms with Crippen molar-refractivity contribution in [1.29, 1.82) is 0 Å². The van der Waals surface area contributed by atoms with Crippen molar-refractivity contribution in [2.45, 2.75) is 46.5 Å². The van der Waals surface area contributed by atoms with Gasteiger partial charge in [0.1, 0.15) is 0 Å². The van der Waals surface area contributed by atoms with Gasteiger partial charge in [0.25, 0.3) is 0 Å². The predicted octanol–water partition coefficient (Wildman–Crippen LogP) is 4.34. The van der Waals surface area contributed by atoms with Crippen LogP contribution in [0.25, 0.3) is 0 Å². The van der Waals surface area contributed by atoms with E-state index in [-0.39, 0.29) is 0 Å². The van der Waals surface area contributed by atoms with E-state index in [1.54, 1.807) is 0 Å². The Bertz CT molecular complexity index is 286. The highest BCUT2D eigenvalue weighted by molar-refractivity contribution is 5.32. The van der Waals surface area contributed by atoms with Gasteiger partial charge in [-0.15, -0.1) is 6.42 Å². The summed E-state index contributed by atoms with van der Waals surface area (Å²) in [5.41, 5.74) is 2.51. The van der Waals surface area contributed by atoms with Crippen LogP contribution in [0.15, 0.2) is 23.3 Å². The van der Waals surface area contributed by atoms with Crippen molar-refractivity contribution in [3.63, 3.8) is 0 Å². The molecule has 0 bridgehead atoms. The van der Waals surface area contributed by atoms with Gasteiger partial charge in [-0.1, -0.05) is 43.4 Å². The van der Waals surface area contributed by atoms with E-state index in [0.717, 1.165) is 5.92 Å². The summed E-state index contributed by atoms with van der Waals surface area (Å²) >= 11 is 0. The number of rotatable bonds is 2. The lowest BCUT2D eigenvalue weighted by Gasteiger charge is -2.26. The maximum Gasteiger partial charge on any atom is 0.00485 e. The second-order valence-electron chi connectivity index (χ2n) is 4.97. The predicted molar refractivity (Wildman–Crippen MR) is 67.5 cm³/mol. The second kappa shape index (κ2) is 5.81. The molecule has 0 N–H and O–H groups in total. The van der Waals surface area contributed by atoms with E-state index >= 15 is 0 Å². The van der Waals surface area contributed by atoms with E-state index in [2.05, 4.69) is 38.8 Å². The molecule has 0 atom stereocenters. The SMILES string of the molecule is C#C/C(=C\C=C(C)C)C1CCC(C)CC1. The molecule has 0 heteroatoms. The molecule has 1 aliphatic rings. The highest BCUT2D eigenvalue weighted by Gasteiger charge is 2.20. The van der Waals surface area contributed by atoms with Crippen molar-refractivity contribution in [2.24, 2.45) is 11.8 Å². The molecule has 0 radical (unpaired) electrons. The van der Waals surface area contributed by atoms with E-state index in [0.29, 0.717) is 5.92 Å². The summed E-state index contributed by atoms with van der Waals surface area (Å²) in [5.74, 6) is 4.39. The summed E-state index contributed by atoms with van der Waals surface area (Å²) in [6.45, 7) is 6.55. The van der Waals surface area contributed by atoms with Crippen LogP contribution in [0, 0.1) is 24.2 Å². The third-order valence-corrected chi connectivity index (χ3v) is 3.22. The van der Waals surface area contributed by atoms with Crippen molar-refractivity contribution >= 4 is 0 Å². The molecule has 0 saturated heterocycles. The Morgan fingerprint density at radius 1 is 1.13 bits per heavy atom. The normalized spacial score (nSPS) is 26.9. The highest BCUT2D eigenvalue weighted by atomic mass is 14.2. The first-order valence-corrected chi connectivity index (χ1v) is 5.95. The third-order valence-electron chi connectivity index (χ3n) is 3.22. The van der Waals surface area contributed by atoms with Crippen molar-refractivity contribution in [2.75, 3.05) is 0 Å². The Balaban J connectivity index is 2.64. The minimum Gasteiger partial charge on any atom is -0.115 e. The molecule has 0 aromatic heterocycles. The first-order chi connectivity index (χ1) is 7.13. The fourth-order valence-electron chi connectivity index (χ4n) is 2.13. The van der Waals surface area contributed by atoms with Crippen LogP contribution in [-0.2, 0) is 0 Å². The van der Waals surface area contributed by atoms with Gasteiger partial charge >= 0.3 is 0 Å². The molecule has 0 heterocycles. The molecule has 1 fully saturated rings. The van der Waals surface area contributed by atoms with Crippen LogP contribution in [0.1, 0.15) is 46.5 Å². The van der Waals surface area contributed by atoms with Crippen LogP contribution in [0.4, 0.5) is 0 Å². The summed E-state index contributed by atoms with van der Waals surface area (Å²) in [6.07, 6.45) is 15.1. The molecule has 0 aromatic rings. The largest absolute Gasteiger partial charge is 0.115 e. The molecule has 82 valence electrons. The quantitative estimate of drug-likeness (QED) is 0.461. The number of hydrogen-bond donors (Lipinski definition) is 0. The molecule has 0 aliphatic heterocycles. The van der Waals surface area contributed by atoms with E-state index in [1.165, 1.54) is 36.8 Å². The van der Waals surface area contributed by atoms with E-state index < -0.39 is 0 Å². The zero-order valence-corrected chi connectivity index (χ0v) is 10.2. The molecule has 0 nitrogen and oxygen atoms in total. The zero-order chi connectivity index (χ0) is 11.3. The summed E-state index contributed by atoms with van der Waals surface area (Å²) < 4.78 is 0. The molecular formula is C15H22. The van der Waals surface area contributed by atoms with Crippen LogP contribution < -0.4 is 0 Å². The number of terminal acetylenes is 1. The summed E-state index contributed by atoms with van der Waals surface area (Å²) in [5, 5.41) is 0. The van der Waals surface area contributed by atoms with Crippen LogP contribution in [0.2, 0.25) is 0 Å². The standard InChI is InChI=1S/C15H22/c1-5-14(9-6-12(2)3)15-10-7-13(4)8-11-15/h1,6,9,13,15H,7-8,10-11H2,2-4H3/b14-9+. The summed E-state index contributed by atoms with van der Waals surface area (Å²) in [7, 11) is 0. The molecular weight excluding hydrogens is 180 g/mol. The van der Waals surface area contributed by atoms with Gasteiger partial charge in [-0.25, -0.2) is 0 Å². The fourth-order valence-corrected chi connectivity index (χ4v) is 2.13. The Hall–Kier alpha value is -0.960. The van der Waals surface area contributed by atoms with Gasteiger partial charge in [-0.2, -0.15) is 0 Å². The zero-order valence-electron chi connectivity index (χ0n) is 10.2. The molecule has 0 unspecified atom stereocenters. The summed E-state index contributed by atoms with van der Waals surface area (Å²) in [4.78, 5) is 0. The smallest absolute Gasteiger partial charge is 0.00485 e. The van der Waals surface area contributed by atoms with Crippen molar-refractivity contribution in [3.05, 3.63) is 23.3 Å². The minimum atomic E-state index is 0.641. The van der Waals surface area contributed by atoms with Gasteiger partial charge in [0.05, 0.1) is 0 Å². The van der Waals surface area contributed by atoms with Gasteiger partial charge in [0.15, 0.2) is 0 Å².